The molecule has 1 aromatic carbocycles. The first-order valence-electron chi connectivity index (χ1n) is 6.24. The van der Waals surface area contributed by atoms with Crippen LogP contribution < -0.4 is 0 Å². The molecule has 0 radical (unpaired) electrons. The number of piperidine rings is 3. The van der Waals surface area contributed by atoms with Crippen molar-refractivity contribution in [3.05, 3.63) is 35.9 Å². The molecule has 16 heavy (non-hydrogen) atoms. The van der Waals surface area contributed by atoms with E-state index in [1.54, 1.807) is 0 Å². The lowest BCUT2D eigenvalue weighted by Crippen LogP contribution is -2.56. The van der Waals surface area contributed by atoms with Crippen LogP contribution in [0, 0.1) is 5.92 Å². The maximum absolute atomic E-state index is 6.83. The van der Waals surface area contributed by atoms with Gasteiger partial charge in [0.1, 0.15) is 5.00 Å². The summed E-state index contributed by atoms with van der Waals surface area (Å²) in [6.45, 7) is 2.39. The second kappa shape index (κ2) is 4.05. The Balaban J connectivity index is 1.79. The standard InChI is InChI=1S/C14H18ClN/c15-14(10-12-4-2-1-3-5-12)11-13-6-8-16(14)9-7-13/h1-5,13H,6-11H2. The van der Waals surface area contributed by atoms with E-state index in [2.05, 4.69) is 35.2 Å². The van der Waals surface area contributed by atoms with Gasteiger partial charge in [-0.25, -0.2) is 0 Å². The number of benzene rings is 1. The number of rotatable bonds is 2. The lowest BCUT2D eigenvalue weighted by molar-refractivity contribution is 0.0233. The second-order valence-electron chi connectivity index (χ2n) is 5.21. The van der Waals surface area contributed by atoms with Crippen LogP contribution in [0.2, 0.25) is 0 Å². The van der Waals surface area contributed by atoms with Gasteiger partial charge in [0, 0.05) is 19.5 Å². The first-order chi connectivity index (χ1) is 7.76. The number of fused-ring (bicyclic) bond motifs is 3. The van der Waals surface area contributed by atoms with Gasteiger partial charge in [-0.15, -0.1) is 11.6 Å². The summed E-state index contributed by atoms with van der Waals surface area (Å²) in [5.74, 6) is 0.867. The molecule has 4 rings (SSSR count). The van der Waals surface area contributed by atoms with Crippen molar-refractivity contribution in [3.63, 3.8) is 0 Å². The zero-order valence-electron chi connectivity index (χ0n) is 9.53. The Morgan fingerprint density at radius 2 is 1.88 bits per heavy atom. The summed E-state index contributed by atoms with van der Waals surface area (Å²) in [4.78, 5) is 2.39. The fourth-order valence-electron chi connectivity index (χ4n) is 3.20. The zero-order valence-corrected chi connectivity index (χ0v) is 10.3. The number of hydrogen-bond donors (Lipinski definition) is 0. The van der Waals surface area contributed by atoms with Crippen molar-refractivity contribution in [1.82, 2.24) is 4.90 Å². The molecule has 0 aromatic heterocycles. The molecule has 3 fully saturated rings. The molecule has 1 atom stereocenters. The molecule has 3 heterocycles. The zero-order chi connectivity index (χ0) is 11.0. The van der Waals surface area contributed by atoms with E-state index in [1.807, 2.05) is 0 Å². The first kappa shape index (κ1) is 10.6. The quantitative estimate of drug-likeness (QED) is 0.562. The van der Waals surface area contributed by atoms with E-state index in [1.165, 1.54) is 37.9 Å². The largest absolute Gasteiger partial charge is 0.285 e. The van der Waals surface area contributed by atoms with E-state index in [0.717, 1.165) is 12.3 Å². The third kappa shape index (κ3) is 1.87. The van der Waals surface area contributed by atoms with Gasteiger partial charge >= 0.3 is 0 Å². The van der Waals surface area contributed by atoms with Crippen molar-refractivity contribution >= 4 is 11.6 Å². The Bertz CT molecular complexity index is 356. The molecule has 1 aromatic rings. The van der Waals surface area contributed by atoms with Crippen LogP contribution in [-0.4, -0.2) is 23.0 Å². The average molecular weight is 236 g/mol. The number of alkyl halides is 1. The smallest absolute Gasteiger partial charge is 0.100 e. The van der Waals surface area contributed by atoms with E-state index < -0.39 is 0 Å². The Kier molecular flexibility index (Phi) is 2.68. The van der Waals surface area contributed by atoms with Gasteiger partial charge in [-0.05, 0) is 30.7 Å². The highest BCUT2D eigenvalue weighted by Crippen LogP contribution is 2.43. The van der Waals surface area contributed by atoms with Crippen LogP contribution in [0.1, 0.15) is 24.8 Å². The predicted octanol–water partition coefficient (Wildman–Crippen LogP) is 3.28. The van der Waals surface area contributed by atoms with Crippen molar-refractivity contribution in [2.75, 3.05) is 13.1 Å². The van der Waals surface area contributed by atoms with Gasteiger partial charge in [-0.1, -0.05) is 30.3 Å². The van der Waals surface area contributed by atoms with E-state index >= 15 is 0 Å². The minimum atomic E-state index is -0.0947. The lowest BCUT2D eigenvalue weighted by atomic mass is 9.80. The van der Waals surface area contributed by atoms with Gasteiger partial charge in [0.2, 0.25) is 0 Å². The van der Waals surface area contributed by atoms with Crippen molar-refractivity contribution in [2.45, 2.75) is 30.7 Å². The van der Waals surface area contributed by atoms with Gasteiger partial charge in [0.05, 0.1) is 0 Å². The van der Waals surface area contributed by atoms with Gasteiger partial charge in [0.25, 0.3) is 0 Å². The molecule has 2 heteroatoms. The van der Waals surface area contributed by atoms with Crippen LogP contribution in [0.3, 0.4) is 0 Å². The van der Waals surface area contributed by atoms with Crippen LogP contribution in [0.4, 0.5) is 0 Å². The third-order valence-electron chi connectivity index (χ3n) is 4.10. The molecule has 0 N–H and O–H groups in total. The summed E-state index contributed by atoms with van der Waals surface area (Å²) >= 11 is 6.83. The molecule has 0 aliphatic carbocycles. The van der Waals surface area contributed by atoms with E-state index in [-0.39, 0.29) is 5.00 Å². The summed E-state index contributed by atoms with van der Waals surface area (Å²) in [6.07, 6.45) is 4.86. The highest BCUT2D eigenvalue weighted by Gasteiger charge is 2.44. The summed E-state index contributed by atoms with van der Waals surface area (Å²) in [5, 5.41) is 0. The van der Waals surface area contributed by atoms with Crippen LogP contribution in [-0.2, 0) is 6.42 Å². The highest BCUT2D eigenvalue weighted by molar-refractivity contribution is 6.23. The van der Waals surface area contributed by atoms with Crippen molar-refractivity contribution in [1.29, 1.82) is 0 Å². The van der Waals surface area contributed by atoms with Gasteiger partial charge in [0.15, 0.2) is 0 Å². The van der Waals surface area contributed by atoms with E-state index in [0.29, 0.717) is 0 Å². The minimum absolute atomic E-state index is 0.0947. The SMILES string of the molecule is ClC1(Cc2ccccc2)CC2CCN1CC2. The highest BCUT2D eigenvalue weighted by atomic mass is 35.5. The van der Waals surface area contributed by atoms with Crippen LogP contribution >= 0.6 is 11.6 Å². The third-order valence-corrected chi connectivity index (χ3v) is 4.63. The summed E-state index contributed by atoms with van der Waals surface area (Å²) in [5.41, 5.74) is 1.37. The Labute approximate surface area is 102 Å². The molecule has 3 aliphatic heterocycles. The van der Waals surface area contributed by atoms with Crippen LogP contribution in [0.15, 0.2) is 30.3 Å². The molecule has 0 amide bonds. The van der Waals surface area contributed by atoms with Gasteiger partial charge in [-0.2, -0.15) is 0 Å². The topological polar surface area (TPSA) is 3.24 Å². The van der Waals surface area contributed by atoms with Crippen LogP contribution in [0.25, 0.3) is 0 Å². The maximum Gasteiger partial charge on any atom is 0.100 e. The molecule has 3 saturated heterocycles. The molecule has 1 nitrogen and oxygen atoms in total. The van der Waals surface area contributed by atoms with E-state index in [9.17, 15) is 0 Å². The Morgan fingerprint density at radius 3 is 2.44 bits per heavy atom. The minimum Gasteiger partial charge on any atom is -0.285 e. The first-order valence-corrected chi connectivity index (χ1v) is 6.62. The van der Waals surface area contributed by atoms with Crippen LogP contribution in [0.5, 0.6) is 0 Å². The monoisotopic (exact) mass is 235 g/mol. The molecule has 0 spiro atoms. The fraction of sp³-hybridized carbons (Fsp3) is 0.571. The average Bonchev–Trinajstić information content (AvgIpc) is 2.31. The normalized spacial score (nSPS) is 37.6. The summed E-state index contributed by atoms with van der Waals surface area (Å²) < 4.78 is 0. The molecule has 0 saturated carbocycles. The summed E-state index contributed by atoms with van der Waals surface area (Å²) in [6, 6.07) is 10.6. The van der Waals surface area contributed by atoms with Gasteiger partial charge in [-0.3, -0.25) is 4.90 Å². The summed E-state index contributed by atoms with van der Waals surface area (Å²) in [7, 11) is 0. The maximum atomic E-state index is 6.83. The fourth-order valence-corrected chi connectivity index (χ4v) is 3.74. The van der Waals surface area contributed by atoms with E-state index in [4.69, 9.17) is 11.6 Å². The molecule has 1 unspecified atom stereocenters. The van der Waals surface area contributed by atoms with Gasteiger partial charge < -0.3 is 0 Å². The molecule has 86 valence electrons. The Hall–Kier alpha value is -0.530. The number of nitrogens with zero attached hydrogens (tertiary/aromatic N) is 1. The van der Waals surface area contributed by atoms with Crippen molar-refractivity contribution in [3.8, 4) is 0 Å². The Morgan fingerprint density at radius 1 is 1.19 bits per heavy atom. The van der Waals surface area contributed by atoms with Crippen molar-refractivity contribution < 1.29 is 0 Å². The molecule has 2 bridgehead atoms. The predicted molar refractivity (Wildman–Crippen MR) is 67.6 cm³/mol. The molecular formula is C14H18ClN. The van der Waals surface area contributed by atoms with Crippen molar-refractivity contribution in [2.24, 2.45) is 5.92 Å². The lowest BCUT2D eigenvalue weighted by Gasteiger charge is -2.51. The molecule has 3 aliphatic rings. The second-order valence-corrected chi connectivity index (χ2v) is 5.92. The molecular weight excluding hydrogens is 218 g/mol. The number of halogens is 1. The number of hydrogen-bond acceptors (Lipinski definition) is 1.